The Morgan fingerprint density at radius 2 is 1.89 bits per heavy atom. The maximum absolute atomic E-state index is 13.2. The molecule has 3 aromatic rings. The zero-order valence-corrected chi connectivity index (χ0v) is 14.9. The summed E-state index contributed by atoms with van der Waals surface area (Å²) in [6, 6.07) is 14.0. The number of nitrogens with one attached hydrogen (secondary N) is 2. The molecule has 138 valence electrons. The number of aromatic nitrogens is 1. The molecule has 0 saturated heterocycles. The van der Waals surface area contributed by atoms with Crippen LogP contribution in [0.3, 0.4) is 0 Å². The third kappa shape index (κ3) is 5.24. The minimum Gasteiger partial charge on any atom is -0.370 e. The number of carbonyl (C=O) groups is 1. The number of nitrogens with zero attached hydrogens (tertiary/aromatic N) is 1. The minimum absolute atomic E-state index is 0.0256. The second kappa shape index (κ2) is 8.60. The van der Waals surface area contributed by atoms with Crippen molar-refractivity contribution in [3.63, 3.8) is 0 Å². The van der Waals surface area contributed by atoms with Crippen molar-refractivity contribution in [1.82, 2.24) is 4.98 Å². The quantitative estimate of drug-likeness (QED) is 0.631. The normalized spacial score (nSPS) is 10.5. The second-order valence-corrected chi connectivity index (χ2v) is 6.26. The minimum atomic E-state index is -1.07. The molecule has 0 unspecified atom stereocenters. The van der Waals surface area contributed by atoms with Crippen LogP contribution in [0.25, 0.3) is 0 Å². The third-order valence-corrected chi connectivity index (χ3v) is 4.05. The van der Waals surface area contributed by atoms with Crippen LogP contribution in [0, 0.1) is 11.6 Å². The maximum Gasteiger partial charge on any atom is 0.255 e. The van der Waals surface area contributed by atoms with Crippen molar-refractivity contribution < 1.29 is 13.6 Å². The summed E-state index contributed by atoms with van der Waals surface area (Å²) in [5.41, 5.74) is 1.59. The van der Waals surface area contributed by atoms with Gasteiger partial charge < -0.3 is 10.6 Å². The number of anilines is 2. The van der Waals surface area contributed by atoms with E-state index < -0.39 is 17.5 Å². The van der Waals surface area contributed by atoms with Gasteiger partial charge >= 0.3 is 0 Å². The van der Waals surface area contributed by atoms with E-state index in [1.165, 1.54) is 12.3 Å². The standard InChI is InChI=1S/C20H16ClF2N3O/c21-15-3-1-2-13(10-15)8-9-24-19-7-5-16(12-25-19)26-20(27)14-4-6-17(22)18(23)11-14/h1-7,10-12H,8-9H2,(H,24,25)(H,26,27). The Labute approximate surface area is 160 Å². The summed E-state index contributed by atoms with van der Waals surface area (Å²) in [6.45, 7) is 0.675. The van der Waals surface area contributed by atoms with Gasteiger partial charge in [0.15, 0.2) is 11.6 Å². The highest BCUT2D eigenvalue weighted by Gasteiger charge is 2.10. The lowest BCUT2D eigenvalue weighted by Crippen LogP contribution is -2.13. The largest absolute Gasteiger partial charge is 0.370 e. The van der Waals surface area contributed by atoms with Crippen molar-refractivity contribution in [3.8, 4) is 0 Å². The molecule has 1 aromatic heterocycles. The van der Waals surface area contributed by atoms with Gasteiger partial charge in [0.1, 0.15) is 5.82 Å². The molecule has 0 atom stereocenters. The van der Waals surface area contributed by atoms with Gasteiger partial charge in [0.25, 0.3) is 5.91 Å². The summed E-state index contributed by atoms with van der Waals surface area (Å²) >= 11 is 5.95. The van der Waals surface area contributed by atoms with Crippen molar-refractivity contribution in [1.29, 1.82) is 0 Å². The first-order chi connectivity index (χ1) is 13.0. The van der Waals surface area contributed by atoms with Crippen LogP contribution in [0.4, 0.5) is 20.3 Å². The van der Waals surface area contributed by atoms with E-state index in [-0.39, 0.29) is 5.56 Å². The fourth-order valence-electron chi connectivity index (χ4n) is 2.44. The van der Waals surface area contributed by atoms with E-state index in [0.717, 1.165) is 24.1 Å². The highest BCUT2D eigenvalue weighted by molar-refractivity contribution is 6.30. The van der Waals surface area contributed by atoms with Crippen LogP contribution in [0.15, 0.2) is 60.8 Å². The van der Waals surface area contributed by atoms with Gasteiger partial charge in [-0.05, 0) is 54.4 Å². The molecule has 1 heterocycles. The van der Waals surface area contributed by atoms with E-state index >= 15 is 0 Å². The molecule has 2 aromatic carbocycles. The van der Waals surface area contributed by atoms with E-state index in [2.05, 4.69) is 15.6 Å². The zero-order valence-electron chi connectivity index (χ0n) is 14.2. The zero-order chi connectivity index (χ0) is 19.2. The van der Waals surface area contributed by atoms with Gasteiger partial charge in [-0.15, -0.1) is 0 Å². The fourth-order valence-corrected chi connectivity index (χ4v) is 2.65. The lowest BCUT2D eigenvalue weighted by molar-refractivity contribution is 0.102. The number of halogens is 3. The molecule has 27 heavy (non-hydrogen) atoms. The topological polar surface area (TPSA) is 54.0 Å². The molecule has 3 rings (SSSR count). The SMILES string of the molecule is O=C(Nc1ccc(NCCc2cccc(Cl)c2)nc1)c1ccc(F)c(F)c1. The van der Waals surface area contributed by atoms with Gasteiger partial charge in [0.2, 0.25) is 0 Å². The smallest absolute Gasteiger partial charge is 0.255 e. The summed E-state index contributed by atoms with van der Waals surface area (Å²) in [7, 11) is 0. The Morgan fingerprint density at radius 1 is 1.04 bits per heavy atom. The summed E-state index contributed by atoms with van der Waals surface area (Å²) in [4.78, 5) is 16.3. The summed E-state index contributed by atoms with van der Waals surface area (Å²) in [5, 5.41) is 6.47. The number of rotatable bonds is 6. The Kier molecular flexibility index (Phi) is 5.98. The Bertz CT molecular complexity index is 948. The summed E-state index contributed by atoms with van der Waals surface area (Å²) in [5.74, 6) is -1.96. The molecular formula is C20H16ClF2N3O. The molecule has 0 fully saturated rings. The lowest BCUT2D eigenvalue weighted by Gasteiger charge is -2.08. The van der Waals surface area contributed by atoms with Crippen LogP contribution in [0.1, 0.15) is 15.9 Å². The van der Waals surface area contributed by atoms with Gasteiger partial charge in [-0.2, -0.15) is 0 Å². The second-order valence-electron chi connectivity index (χ2n) is 5.82. The highest BCUT2D eigenvalue weighted by atomic mass is 35.5. The van der Waals surface area contributed by atoms with Crippen molar-refractivity contribution in [2.24, 2.45) is 0 Å². The molecule has 0 bridgehead atoms. The first-order valence-electron chi connectivity index (χ1n) is 8.22. The Balaban J connectivity index is 1.53. The number of hydrogen-bond donors (Lipinski definition) is 2. The number of amides is 1. The highest BCUT2D eigenvalue weighted by Crippen LogP contribution is 2.14. The third-order valence-electron chi connectivity index (χ3n) is 3.81. The van der Waals surface area contributed by atoms with Crippen LogP contribution < -0.4 is 10.6 Å². The molecule has 0 aliphatic carbocycles. The van der Waals surface area contributed by atoms with Gasteiger partial charge in [0, 0.05) is 17.1 Å². The molecule has 0 aliphatic heterocycles. The molecule has 4 nitrogen and oxygen atoms in total. The molecular weight excluding hydrogens is 372 g/mol. The number of hydrogen-bond acceptors (Lipinski definition) is 3. The number of benzene rings is 2. The molecule has 1 amide bonds. The number of carbonyl (C=O) groups excluding carboxylic acids is 1. The van der Waals surface area contributed by atoms with Crippen LogP contribution in [0.5, 0.6) is 0 Å². The lowest BCUT2D eigenvalue weighted by atomic mass is 10.1. The van der Waals surface area contributed by atoms with E-state index in [0.29, 0.717) is 23.1 Å². The molecule has 0 saturated carbocycles. The van der Waals surface area contributed by atoms with Gasteiger partial charge in [-0.1, -0.05) is 23.7 Å². The van der Waals surface area contributed by atoms with Gasteiger partial charge in [-0.25, -0.2) is 13.8 Å². The predicted octanol–water partition coefficient (Wildman–Crippen LogP) is 4.92. The monoisotopic (exact) mass is 387 g/mol. The average molecular weight is 388 g/mol. The summed E-state index contributed by atoms with van der Waals surface area (Å²) in [6.07, 6.45) is 2.27. The Morgan fingerprint density at radius 3 is 2.59 bits per heavy atom. The first-order valence-corrected chi connectivity index (χ1v) is 8.60. The molecule has 7 heteroatoms. The maximum atomic E-state index is 13.2. The van der Waals surface area contributed by atoms with Crippen molar-refractivity contribution in [2.45, 2.75) is 6.42 Å². The van der Waals surface area contributed by atoms with Crippen molar-refractivity contribution >= 4 is 29.0 Å². The molecule has 0 radical (unpaired) electrons. The Hall–Kier alpha value is -2.99. The first kappa shape index (κ1) is 18.8. The van der Waals surface area contributed by atoms with Crippen LogP contribution >= 0.6 is 11.6 Å². The average Bonchev–Trinajstić information content (AvgIpc) is 2.65. The molecule has 2 N–H and O–H groups in total. The predicted molar refractivity (Wildman–Crippen MR) is 102 cm³/mol. The number of pyridine rings is 1. The van der Waals surface area contributed by atoms with E-state index in [4.69, 9.17) is 11.6 Å². The molecule has 0 spiro atoms. The van der Waals surface area contributed by atoms with Crippen LogP contribution in [0.2, 0.25) is 5.02 Å². The van der Waals surface area contributed by atoms with E-state index in [1.807, 2.05) is 24.3 Å². The van der Waals surface area contributed by atoms with Crippen LogP contribution in [-0.2, 0) is 6.42 Å². The van der Waals surface area contributed by atoms with Gasteiger partial charge in [-0.3, -0.25) is 4.79 Å². The van der Waals surface area contributed by atoms with Crippen LogP contribution in [-0.4, -0.2) is 17.4 Å². The fraction of sp³-hybridized carbons (Fsp3) is 0.100. The van der Waals surface area contributed by atoms with E-state index in [1.54, 1.807) is 12.1 Å². The summed E-state index contributed by atoms with van der Waals surface area (Å²) < 4.78 is 26.1. The molecule has 0 aliphatic rings. The van der Waals surface area contributed by atoms with Gasteiger partial charge in [0.05, 0.1) is 11.9 Å². The van der Waals surface area contributed by atoms with Crippen molar-refractivity contribution in [2.75, 3.05) is 17.2 Å². The van der Waals surface area contributed by atoms with Crippen molar-refractivity contribution in [3.05, 3.63) is 88.6 Å². The van der Waals surface area contributed by atoms with E-state index in [9.17, 15) is 13.6 Å².